The number of ether oxygens (including phenoxy) is 2. The van der Waals surface area contributed by atoms with Crippen LogP contribution >= 0.6 is 11.6 Å². The summed E-state index contributed by atoms with van der Waals surface area (Å²) in [6.45, 7) is 4.09. The summed E-state index contributed by atoms with van der Waals surface area (Å²) in [5, 5.41) is 40.6. The van der Waals surface area contributed by atoms with Crippen LogP contribution in [0.4, 0.5) is 0 Å². The van der Waals surface area contributed by atoms with E-state index in [2.05, 4.69) is 13.8 Å². The van der Waals surface area contributed by atoms with Crippen molar-refractivity contribution in [3.8, 4) is 5.75 Å². The molecule has 2 aromatic rings. The normalized spacial score (nSPS) is 34.4. The van der Waals surface area contributed by atoms with Crippen LogP contribution < -0.4 is 4.74 Å². The fourth-order valence-corrected chi connectivity index (χ4v) is 5.05. The second-order valence-electron chi connectivity index (χ2n) is 9.59. The molecule has 1 saturated carbocycles. The van der Waals surface area contributed by atoms with Gasteiger partial charge < -0.3 is 29.9 Å². The molecular weight excluding hydrogens is 444 g/mol. The monoisotopic (exact) mass is 476 g/mol. The van der Waals surface area contributed by atoms with Crippen LogP contribution in [0.15, 0.2) is 42.5 Å². The van der Waals surface area contributed by atoms with E-state index >= 15 is 0 Å². The zero-order valence-electron chi connectivity index (χ0n) is 19.0. The van der Waals surface area contributed by atoms with Crippen LogP contribution in [0.5, 0.6) is 5.75 Å². The first-order valence-electron chi connectivity index (χ1n) is 11.6. The Morgan fingerprint density at radius 2 is 1.61 bits per heavy atom. The number of hydrogen-bond acceptors (Lipinski definition) is 6. The topological polar surface area (TPSA) is 99.4 Å². The van der Waals surface area contributed by atoms with Crippen molar-refractivity contribution < 1.29 is 29.9 Å². The van der Waals surface area contributed by atoms with Crippen LogP contribution in [-0.2, 0) is 11.2 Å². The van der Waals surface area contributed by atoms with Crippen molar-refractivity contribution in [3.05, 3.63) is 64.2 Å². The molecule has 6 nitrogen and oxygen atoms in total. The van der Waals surface area contributed by atoms with Crippen LogP contribution in [0.1, 0.15) is 49.5 Å². The molecule has 33 heavy (non-hydrogen) atoms. The van der Waals surface area contributed by atoms with E-state index in [9.17, 15) is 20.4 Å². The Bertz CT molecular complexity index is 923. The van der Waals surface area contributed by atoms with Gasteiger partial charge in [-0.25, -0.2) is 0 Å². The molecule has 4 rings (SSSR count). The highest BCUT2D eigenvalue weighted by Crippen LogP contribution is 2.35. The third-order valence-electron chi connectivity index (χ3n) is 7.15. The fourth-order valence-electron chi connectivity index (χ4n) is 4.87. The standard InChI is InChI=1S/C26H33ClO6/c1-14-9-20(10-15(14)2)32-19-6-3-16(4-7-19)11-18-12-17(5-8-21(18)27)26-25(31)24(30)23(29)22(13-28)33-26/h3-8,12,14-15,20,22-26,28-31H,9-11,13H2,1-2H3/t14-,15+,20?,22-,23-,24+,25-,26+/m1/s1. The maximum atomic E-state index is 10.4. The first-order chi connectivity index (χ1) is 15.8. The van der Waals surface area contributed by atoms with Gasteiger partial charge in [0.2, 0.25) is 0 Å². The number of halogens is 1. The molecule has 0 amide bonds. The van der Waals surface area contributed by atoms with E-state index < -0.39 is 37.1 Å². The number of benzene rings is 2. The zero-order valence-corrected chi connectivity index (χ0v) is 19.7. The third-order valence-corrected chi connectivity index (χ3v) is 7.52. The van der Waals surface area contributed by atoms with Gasteiger partial charge in [-0.05, 0) is 66.0 Å². The molecule has 1 aliphatic heterocycles. The van der Waals surface area contributed by atoms with E-state index in [1.54, 1.807) is 12.1 Å². The lowest BCUT2D eigenvalue weighted by atomic mass is 9.90. The van der Waals surface area contributed by atoms with Gasteiger partial charge in [0.05, 0.1) is 12.7 Å². The molecule has 1 saturated heterocycles. The van der Waals surface area contributed by atoms with E-state index in [1.165, 1.54) is 0 Å². The van der Waals surface area contributed by atoms with Crippen molar-refractivity contribution in [2.75, 3.05) is 6.61 Å². The number of rotatable bonds is 6. The predicted molar refractivity (Wildman–Crippen MR) is 125 cm³/mol. The van der Waals surface area contributed by atoms with Crippen molar-refractivity contribution in [2.24, 2.45) is 11.8 Å². The number of hydrogen-bond donors (Lipinski definition) is 4. The largest absolute Gasteiger partial charge is 0.490 e. The molecule has 2 aromatic carbocycles. The van der Waals surface area contributed by atoms with Crippen molar-refractivity contribution in [1.29, 1.82) is 0 Å². The van der Waals surface area contributed by atoms with Crippen molar-refractivity contribution in [3.63, 3.8) is 0 Å². The second kappa shape index (κ2) is 10.3. The van der Waals surface area contributed by atoms with Crippen molar-refractivity contribution >= 4 is 11.6 Å². The minimum Gasteiger partial charge on any atom is -0.490 e. The molecule has 0 spiro atoms. The summed E-state index contributed by atoms with van der Waals surface area (Å²) in [7, 11) is 0. The van der Waals surface area contributed by atoms with E-state index in [0.717, 1.165) is 29.7 Å². The summed E-state index contributed by atoms with van der Waals surface area (Å²) in [5.41, 5.74) is 2.53. The van der Waals surface area contributed by atoms with Gasteiger partial charge in [0.15, 0.2) is 0 Å². The molecule has 1 aliphatic carbocycles. The first-order valence-corrected chi connectivity index (χ1v) is 12.0. The maximum absolute atomic E-state index is 10.4. The molecule has 0 radical (unpaired) electrons. The van der Waals surface area contributed by atoms with Gasteiger partial charge in [0.25, 0.3) is 0 Å². The minimum atomic E-state index is -1.42. The SMILES string of the molecule is C[C@@H]1CC(Oc2ccc(Cc3cc([C@@H]4O[C@H](CO)[C@@H](O)[C@H](O)[C@H]4O)ccc3Cl)cc2)C[C@@H]1C. The summed E-state index contributed by atoms with van der Waals surface area (Å²) in [4.78, 5) is 0. The highest BCUT2D eigenvalue weighted by Gasteiger charge is 2.44. The van der Waals surface area contributed by atoms with Crippen LogP contribution in [0.3, 0.4) is 0 Å². The lowest BCUT2D eigenvalue weighted by molar-refractivity contribution is -0.231. The molecule has 0 aromatic heterocycles. The first kappa shape index (κ1) is 24.5. The third kappa shape index (κ3) is 5.37. The van der Waals surface area contributed by atoms with Gasteiger partial charge in [0, 0.05) is 5.02 Å². The number of aliphatic hydroxyl groups is 4. The Labute approximate surface area is 199 Å². The summed E-state index contributed by atoms with van der Waals surface area (Å²) < 4.78 is 11.8. The Balaban J connectivity index is 1.46. The van der Waals surface area contributed by atoms with Crippen LogP contribution in [0.25, 0.3) is 0 Å². The Kier molecular flexibility index (Phi) is 7.63. The molecule has 2 fully saturated rings. The van der Waals surface area contributed by atoms with Crippen LogP contribution in [-0.4, -0.2) is 57.6 Å². The highest BCUT2D eigenvalue weighted by molar-refractivity contribution is 6.31. The molecule has 1 heterocycles. The molecule has 4 N–H and O–H groups in total. The summed E-state index contributed by atoms with van der Waals surface area (Å²) >= 11 is 6.44. The molecule has 0 bridgehead atoms. The molecule has 1 unspecified atom stereocenters. The van der Waals surface area contributed by atoms with Gasteiger partial charge in [-0.3, -0.25) is 0 Å². The quantitative estimate of drug-likeness (QED) is 0.510. The van der Waals surface area contributed by atoms with Gasteiger partial charge in [-0.15, -0.1) is 0 Å². The van der Waals surface area contributed by atoms with Gasteiger partial charge in [0.1, 0.15) is 36.3 Å². The average Bonchev–Trinajstić information content (AvgIpc) is 3.12. The smallest absolute Gasteiger partial charge is 0.119 e. The van der Waals surface area contributed by atoms with E-state index in [4.69, 9.17) is 21.1 Å². The van der Waals surface area contributed by atoms with Crippen LogP contribution in [0, 0.1) is 11.8 Å². The van der Waals surface area contributed by atoms with Crippen molar-refractivity contribution in [1.82, 2.24) is 0 Å². The Morgan fingerprint density at radius 1 is 0.939 bits per heavy atom. The predicted octanol–water partition coefficient (Wildman–Crippen LogP) is 3.26. The van der Waals surface area contributed by atoms with Crippen LogP contribution in [0.2, 0.25) is 5.02 Å². The van der Waals surface area contributed by atoms with Gasteiger partial charge >= 0.3 is 0 Å². The van der Waals surface area contributed by atoms with E-state index in [-0.39, 0.29) is 6.10 Å². The Morgan fingerprint density at radius 3 is 2.24 bits per heavy atom. The highest BCUT2D eigenvalue weighted by atomic mass is 35.5. The zero-order chi connectivity index (χ0) is 23.7. The lowest BCUT2D eigenvalue weighted by Crippen LogP contribution is -2.55. The molecule has 8 atom stereocenters. The number of aliphatic hydroxyl groups excluding tert-OH is 4. The second-order valence-corrected chi connectivity index (χ2v) is 9.99. The fraction of sp³-hybridized carbons (Fsp3) is 0.538. The summed E-state index contributed by atoms with van der Waals surface area (Å²) in [5.74, 6) is 2.24. The minimum absolute atomic E-state index is 0.269. The van der Waals surface area contributed by atoms with Gasteiger partial charge in [-0.2, -0.15) is 0 Å². The average molecular weight is 477 g/mol. The van der Waals surface area contributed by atoms with Crippen molar-refractivity contribution in [2.45, 2.75) is 69.7 Å². The maximum Gasteiger partial charge on any atom is 0.119 e. The Hall–Kier alpha value is -1.67. The lowest BCUT2D eigenvalue weighted by Gasteiger charge is -2.40. The van der Waals surface area contributed by atoms with Gasteiger partial charge in [-0.1, -0.05) is 49.7 Å². The molecule has 2 aliphatic rings. The molecule has 180 valence electrons. The molecular formula is C26H33ClO6. The summed E-state index contributed by atoms with van der Waals surface area (Å²) in [6, 6.07) is 13.3. The summed E-state index contributed by atoms with van der Waals surface area (Å²) in [6.07, 6.45) is -2.95. The van der Waals surface area contributed by atoms with E-state index in [0.29, 0.717) is 28.8 Å². The van der Waals surface area contributed by atoms with E-state index in [1.807, 2.05) is 30.3 Å². The molecule has 7 heteroatoms.